The fourth-order valence-corrected chi connectivity index (χ4v) is 3.21. The van der Waals surface area contributed by atoms with Crippen LogP contribution >= 0.6 is 11.8 Å². The Bertz CT molecular complexity index is 278. The Balaban J connectivity index is 1.97. The molecule has 1 aromatic rings. The molecule has 0 spiro atoms. The second-order valence-corrected chi connectivity index (χ2v) is 4.89. The third-order valence-corrected chi connectivity index (χ3v) is 4.13. The number of nitrogens with two attached hydrogens (primary N) is 1. The first kappa shape index (κ1) is 9.93. The van der Waals surface area contributed by atoms with Gasteiger partial charge in [0, 0.05) is 11.4 Å². The van der Waals surface area contributed by atoms with Crippen LogP contribution in [0.25, 0.3) is 0 Å². The molecule has 0 aromatic carbocycles. The van der Waals surface area contributed by atoms with Crippen LogP contribution in [-0.4, -0.2) is 21.8 Å². The fourth-order valence-electron chi connectivity index (χ4n) is 1.93. The normalized spacial score (nSPS) is 26.6. The maximum absolute atomic E-state index is 5.73. The van der Waals surface area contributed by atoms with Gasteiger partial charge in [0.1, 0.15) is 6.33 Å². The average Bonchev–Trinajstić information content (AvgIpc) is 2.67. The Morgan fingerprint density at radius 2 is 2.43 bits per heavy atom. The van der Waals surface area contributed by atoms with Gasteiger partial charge in [0.25, 0.3) is 0 Å². The molecule has 0 radical (unpaired) electrons. The van der Waals surface area contributed by atoms with Gasteiger partial charge in [-0.2, -0.15) is 0 Å². The van der Waals surface area contributed by atoms with Gasteiger partial charge in [0.05, 0.1) is 5.03 Å². The number of rotatable bonds is 3. The SMILES string of the molecule is NCC1CCCC1Sc1ccncn1. The van der Waals surface area contributed by atoms with E-state index in [-0.39, 0.29) is 0 Å². The molecule has 0 aliphatic heterocycles. The maximum atomic E-state index is 5.73. The summed E-state index contributed by atoms with van der Waals surface area (Å²) in [6.07, 6.45) is 7.26. The smallest absolute Gasteiger partial charge is 0.116 e. The van der Waals surface area contributed by atoms with Crippen molar-refractivity contribution < 1.29 is 0 Å². The molecule has 1 aliphatic carbocycles. The lowest BCUT2D eigenvalue weighted by molar-refractivity contribution is 0.573. The Morgan fingerprint density at radius 3 is 3.14 bits per heavy atom. The molecule has 2 rings (SSSR count). The standard InChI is InChI=1S/C10H15N3S/c11-6-8-2-1-3-9(8)14-10-4-5-12-7-13-10/h4-5,7-9H,1-3,6,11H2. The van der Waals surface area contributed by atoms with E-state index in [0.717, 1.165) is 11.6 Å². The van der Waals surface area contributed by atoms with Crippen LogP contribution in [-0.2, 0) is 0 Å². The zero-order valence-electron chi connectivity index (χ0n) is 8.10. The summed E-state index contributed by atoms with van der Waals surface area (Å²) in [5.41, 5.74) is 5.73. The van der Waals surface area contributed by atoms with Crippen molar-refractivity contribution in [2.75, 3.05) is 6.54 Å². The molecule has 0 amide bonds. The van der Waals surface area contributed by atoms with E-state index in [4.69, 9.17) is 5.73 Å². The maximum Gasteiger partial charge on any atom is 0.116 e. The highest BCUT2D eigenvalue weighted by molar-refractivity contribution is 7.99. The summed E-state index contributed by atoms with van der Waals surface area (Å²) in [6.45, 7) is 0.808. The summed E-state index contributed by atoms with van der Waals surface area (Å²) in [5.74, 6) is 0.676. The molecule has 1 fully saturated rings. The van der Waals surface area contributed by atoms with E-state index >= 15 is 0 Å². The molecular formula is C10H15N3S. The molecular weight excluding hydrogens is 194 g/mol. The molecule has 2 unspecified atom stereocenters. The minimum atomic E-state index is 0.662. The van der Waals surface area contributed by atoms with Crippen LogP contribution in [0.1, 0.15) is 19.3 Å². The molecule has 4 heteroatoms. The molecule has 14 heavy (non-hydrogen) atoms. The minimum Gasteiger partial charge on any atom is -0.330 e. The summed E-state index contributed by atoms with van der Waals surface area (Å²) in [4.78, 5) is 8.13. The highest BCUT2D eigenvalue weighted by atomic mass is 32.2. The lowest BCUT2D eigenvalue weighted by Crippen LogP contribution is -2.20. The van der Waals surface area contributed by atoms with E-state index in [1.165, 1.54) is 19.3 Å². The van der Waals surface area contributed by atoms with Crippen LogP contribution in [0.2, 0.25) is 0 Å². The molecule has 3 nitrogen and oxygen atoms in total. The fraction of sp³-hybridized carbons (Fsp3) is 0.600. The largest absolute Gasteiger partial charge is 0.330 e. The first-order valence-corrected chi connectivity index (χ1v) is 5.91. The van der Waals surface area contributed by atoms with E-state index in [9.17, 15) is 0 Å². The molecule has 1 aliphatic rings. The van der Waals surface area contributed by atoms with Crippen LogP contribution in [0, 0.1) is 5.92 Å². The summed E-state index contributed by atoms with van der Waals surface area (Å²) in [6, 6.07) is 1.97. The number of thioether (sulfide) groups is 1. The van der Waals surface area contributed by atoms with Gasteiger partial charge in [0.15, 0.2) is 0 Å². The van der Waals surface area contributed by atoms with Crippen molar-refractivity contribution in [1.29, 1.82) is 0 Å². The topological polar surface area (TPSA) is 51.8 Å². The van der Waals surface area contributed by atoms with Gasteiger partial charge in [-0.25, -0.2) is 9.97 Å². The molecule has 1 heterocycles. The number of hydrogen-bond donors (Lipinski definition) is 1. The number of aromatic nitrogens is 2. The van der Waals surface area contributed by atoms with Gasteiger partial charge in [-0.05, 0) is 31.4 Å². The zero-order valence-corrected chi connectivity index (χ0v) is 8.91. The predicted molar refractivity (Wildman–Crippen MR) is 58.1 cm³/mol. The lowest BCUT2D eigenvalue weighted by atomic mass is 10.1. The summed E-state index contributed by atoms with van der Waals surface area (Å²) >= 11 is 1.85. The van der Waals surface area contributed by atoms with E-state index in [1.54, 1.807) is 12.5 Å². The van der Waals surface area contributed by atoms with E-state index in [0.29, 0.717) is 11.2 Å². The Hall–Kier alpha value is -0.610. The first-order chi connectivity index (χ1) is 6.90. The van der Waals surface area contributed by atoms with Gasteiger partial charge in [0.2, 0.25) is 0 Å². The summed E-state index contributed by atoms with van der Waals surface area (Å²) < 4.78 is 0. The predicted octanol–water partition coefficient (Wildman–Crippen LogP) is 1.70. The molecule has 1 saturated carbocycles. The highest BCUT2D eigenvalue weighted by Crippen LogP contribution is 2.37. The van der Waals surface area contributed by atoms with Crippen molar-refractivity contribution in [1.82, 2.24) is 9.97 Å². The second kappa shape index (κ2) is 4.75. The quantitative estimate of drug-likeness (QED) is 0.770. The van der Waals surface area contributed by atoms with Gasteiger partial charge >= 0.3 is 0 Å². The average molecular weight is 209 g/mol. The monoisotopic (exact) mass is 209 g/mol. The van der Waals surface area contributed by atoms with Gasteiger partial charge in [-0.1, -0.05) is 6.42 Å². The van der Waals surface area contributed by atoms with E-state index in [2.05, 4.69) is 9.97 Å². The molecule has 0 bridgehead atoms. The van der Waals surface area contributed by atoms with Crippen molar-refractivity contribution in [3.8, 4) is 0 Å². The van der Waals surface area contributed by atoms with Crippen LogP contribution in [0.3, 0.4) is 0 Å². The first-order valence-electron chi connectivity index (χ1n) is 5.03. The van der Waals surface area contributed by atoms with E-state index in [1.807, 2.05) is 17.8 Å². The second-order valence-electron chi connectivity index (χ2n) is 3.63. The van der Waals surface area contributed by atoms with Crippen LogP contribution in [0.15, 0.2) is 23.6 Å². The van der Waals surface area contributed by atoms with Crippen LogP contribution < -0.4 is 5.73 Å². The van der Waals surface area contributed by atoms with Gasteiger partial charge in [-0.15, -0.1) is 11.8 Å². The highest BCUT2D eigenvalue weighted by Gasteiger charge is 2.26. The van der Waals surface area contributed by atoms with Crippen molar-refractivity contribution in [3.63, 3.8) is 0 Å². The third-order valence-electron chi connectivity index (χ3n) is 2.72. The zero-order chi connectivity index (χ0) is 9.80. The van der Waals surface area contributed by atoms with Crippen LogP contribution in [0.5, 0.6) is 0 Å². The van der Waals surface area contributed by atoms with Crippen molar-refractivity contribution in [3.05, 3.63) is 18.6 Å². The third kappa shape index (κ3) is 2.25. The Kier molecular flexibility index (Phi) is 3.37. The molecule has 2 N–H and O–H groups in total. The van der Waals surface area contributed by atoms with Crippen molar-refractivity contribution in [2.24, 2.45) is 11.7 Å². The molecule has 0 saturated heterocycles. The van der Waals surface area contributed by atoms with Gasteiger partial charge < -0.3 is 5.73 Å². The van der Waals surface area contributed by atoms with Crippen molar-refractivity contribution >= 4 is 11.8 Å². The molecule has 2 atom stereocenters. The summed E-state index contributed by atoms with van der Waals surface area (Å²) in [7, 11) is 0. The Labute approximate surface area is 88.5 Å². The molecule has 76 valence electrons. The number of hydrogen-bond acceptors (Lipinski definition) is 4. The molecule has 1 aromatic heterocycles. The Morgan fingerprint density at radius 1 is 1.50 bits per heavy atom. The lowest BCUT2D eigenvalue weighted by Gasteiger charge is -2.16. The minimum absolute atomic E-state index is 0.662. The van der Waals surface area contributed by atoms with Crippen molar-refractivity contribution in [2.45, 2.75) is 29.5 Å². The van der Waals surface area contributed by atoms with Gasteiger partial charge in [-0.3, -0.25) is 0 Å². The van der Waals surface area contributed by atoms with Crippen LogP contribution in [0.4, 0.5) is 0 Å². The van der Waals surface area contributed by atoms with E-state index < -0.39 is 0 Å². The number of nitrogens with zero attached hydrogens (tertiary/aromatic N) is 2. The summed E-state index contributed by atoms with van der Waals surface area (Å²) in [5, 5.41) is 1.74.